The average Bonchev–Trinajstić information content (AvgIpc) is 2.91. The van der Waals surface area contributed by atoms with Crippen molar-refractivity contribution in [3.05, 3.63) is 34.6 Å². The molecule has 114 valence electrons. The lowest BCUT2D eigenvalue weighted by Crippen LogP contribution is -2.51. The molecule has 0 unspecified atom stereocenters. The van der Waals surface area contributed by atoms with E-state index in [4.69, 9.17) is 21.1 Å². The Labute approximate surface area is 127 Å². The summed E-state index contributed by atoms with van der Waals surface area (Å²) in [5.41, 5.74) is 0.247. The summed E-state index contributed by atoms with van der Waals surface area (Å²) < 4.78 is 25.1. The molecule has 1 aromatic carbocycles. The van der Waals surface area contributed by atoms with E-state index >= 15 is 0 Å². The number of carbonyl (C=O) groups is 1. The van der Waals surface area contributed by atoms with Crippen molar-refractivity contribution in [1.29, 1.82) is 0 Å². The predicted octanol–water partition coefficient (Wildman–Crippen LogP) is 2.39. The van der Waals surface area contributed by atoms with Gasteiger partial charge < -0.3 is 14.4 Å². The Balaban J connectivity index is 1.70. The van der Waals surface area contributed by atoms with Crippen molar-refractivity contribution in [3.63, 3.8) is 0 Å². The van der Waals surface area contributed by atoms with Crippen LogP contribution in [0, 0.1) is 5.82 Å². The van der Waals surface area contributed by atoms with Gasteiger partial charge in [0.2, 0.25) is 5.91 Å². The summed E-state index contributed by atoms with van der Waals surface area (Å²) in [7, 11) is 0. The molecule has 0 aromatic heterocycles. The van der Waals surface area contributed by atoms with Crippen LogP contribution in [-0.2, 0) is 20.7 Å². The Kier molecular flexibility index (Phi) is 4.15. The van der Waals surface area contributed by atoms with Crippen LogP contribution in [0.5, 0.6) is 0 Å². The Morgan fingerprint density at radius 3 is 2.86 bits per heavy atom. The zero-order valence-corrected chi connectivity index (χ0v) is 12.4. The molecule has 4 nitrogen and oxygen atoms in total. The molecule has 2 aliphatic rings. The summed E-state index contributed by atoms with van der Waals surface area (Å²) in [6, 6.07) is 4.44. The van der Waals surface area contributed by atoms with E-state index in [2.05, 4.69) is 0 Å². The van der Waals surface area contributed by atoms with Gasteiger partial charge in [0.25, 0.3) is 0 Å². The van der Waals surface area contributed by atoms with Crippen LogP contribution in [0.15, 0.2) is 18.2 Å². The van der Waals surface area contributed by atoms with Gasteiger partial charge in [0.1, 0.15) is 5.82 Å². The number of hydrogen-bond donors (Lipinski definition) is 0. The second-order valence-electron chi connectivity index (χ2n) is 5.40. The maximum Gasteiger partial charge on any atom is 0.227 e. The number of likely N-dealkylation sites (tertiary alicyclic amines) is 1. The van der Waals surface area contributed by atoms with E-state index in [1.165, 1.54) is 12.1 Å². The Bertz CT molecular complexity index is 525. The fourth-order valence-corrected chi connectivity index (χ4v) is 3.13. The van der Waals surface area contributed by atoms with Crippen LogP contribution < -0.4 is 0 Å². The second kappa shape index (κ2) is 5.91. The highest BCUT2D eigenvalue weighted by molar-refractivity contribution is 6.31. The van der Waals surface area contributed by atoms with E-state index in [1.54, 1.807) is 11.0 Å². The van der Waals surface area contributed by atoms with Gasteiger partial charge in [0.05, 0.1) is 26.2 Å². The highest BCUT2D eigenvalue weighted by Gasteiger charge is 2.42. The van der Waals surface area contributed by atoms with Crippen molar-refractivity contribution in [2.75, 3.05) is 26.3 Å². The summed E-state index contributed by atoms with van der Waals surface area (Å²) in [6.45, 7) is 2.15. The molecule has 2 heterocycles. The largest absolute Gasteiger partial charge is 0.346 e. The van der Waals surface area contributed by atoms with Crippen LogP contribution in [0.4, 0.5) is 4.39 Å². The monoisotopic (exact) mass is 313 g/mol. The Morgan fingerprint density at radius 1 is 1.38 bits per heavy atom. The number of ether oxygens (including phenoxy) is 2. The molecule has 3 rings (SSSR count). The first-order chi connectivity index (χ1) is 10.1. The zero-order chi connectivity index (χ0) is 14.9. The highest BCUT2D eigenvalue weighted by atomic mass is 35.5. The van der Waals surface area contributed by atoms with Gasteiger partial charge in [0.15, 0.2) is 5.79 Å². The molecular weight excluding hydrogens is 297 g/mol. The third-order valence-electron chi connectivity index (χ3n) is 3.97. The van der Waals surface area contributed by atoms with Gasteiger partial charge >= 0.3 is 0 Å². The van der Waals surface area contributed by atoms with Crippen molar-refractivity contribution >= 4 is 17.5 Å². The molecule has 6 heteroatoms. The molecule has 21 heavy (non-hydrogen) atoms. The molecule has 0 saturated carbocycles. The van der Waals surface area contributed by atoms with E-state index in [1.807, 2.05) is 0 Å². The molecule has 0 N–H and O–H groups in total. The number of piperidine rings is 1. The first-order valence-corrected chi connectivity index (χ1v) is 7.46. The van der Waals surface area contributed by atoms with Gasteiger partial charge in [-0.05, 0) is 18.6 Å². The first-order valence-electron chi connectivity index (χ1n) is 7.08. The van der Waals surface area contributed by atoms with Gasteiger partial charge in [-0.15, -0.1) is 0 Å². The zero-order valence-electron chi connectivity index (χ0n) is 11.6. The van der Waals surface area contributed by atoms with E-state index in [-0.39, 0.29) is 22.9 Å². The lowest BCUT2D eigenvalue weighted by molar-refractivity contribution is -0.192. The number of halogens is 2. The fourth-order valence-electron chi connectivity index (χ4n) is 2.90. The van der Waals surface area contributed by atoms with Crippen LogP contribution in [0.1, 0.15) is 18.4 Å². The number of hydrogen-bond acceptors (Lipinski definition) is 3. The standard InChI is InChI=1S/C15H17ClFNO3/c16-12-3-1-4-13(17)11(12)9-14(19)18-6-2-5-15(10-18)20-7-8-21-15/h1,3-4H,2,5-10H2. The number of amides is 1. The van der Waals surface area contributed by atoms with Gasteiger partial charge in [-0.2, -0.15) is 0 Å². The van der Waals surface area contributed by atoms with Gasteiger partial charge in [-0.3, -0.25) is 4.79 Å². The molecule has 1 spiro atoms. The first kappa shape index (κ1) is 14.8. The molecule has 1 amide bonds. The van der Waals surface area contributed by atoms with Gasteiger partial charge in [0, 0.05) is 23.6 Å². The third kappa shape index (κ3) is 3.05. The van der Waals surface area contributed by atoms with Gasteiger partial charge in [-0.25, -0.2) is 4.39 Å². The molecule has 0 radical (unpaired) electrons. The SMILES string of the molecule is O=C(Cc1c(F)cccc1Cl)N1CCCC2(C1)OCCO2. The molecule has 1 aromatic rings. The lowest BCUT2D eigenvalue weighted by atomic mass is 10.0. The van der Waals surface area contributed by atoms with E-state index in [9.17, 15) is 9.18 Å². The topological polar surface area (TPSA) is 38.8 Å². The molecule has 0 atom stereocenters. The Hall–Kier alpha value is -1.17. The molecule has 0 aliphatic carbocycles. The van der Waals surface area contributed by atoms with Crippen molar-refractivity contribution in [3.8, 4) is 0 Å². The molecule has 2 aliphatic heterocycles. The summed E-state index contributed by atoms with van der Waals surface area (Å²) in [5, 5.41) is 0.281. The molecule has 0 bridgehead atoms. The number of nitrogens with zero attached hydrogens (tertiary/aromatic N) is 1. The van der Waals surface area contributed by atoms with Crippen LogP contribution in [0.2, 0.25) is 5.02 Å². The highest BCUT2D eigenvalue weighted by Crippen LogP contribution is 2.30. The van der Waals surface area contributed by atoms with E-state index in [0.717, 1.165) is 12.8 Å². The minimum atomic E-state index is -0.660. The summed E-state index contributed by atoms with van der Waals surface area (Å²) in [6.07, 6.45) is 1.57. The number of rotatable bonds is 2. The van der Waals surface area contributed by atoms with Crippen LogP contribution in [0.25, 0.3) is 0 Å². The molecular formula is C15H17ClFNO3. The average molecular weight is 314 g/mol. The number of benzene rings is 1. The lowest BCUT2D eigenvalue weighted by Gasteiger charge is -2.38. The van der Waals surface area contributed by atoms with Crippen molar-refractivity contribution < 1.29 is 18.7 Å². The summed E-state index contributed by atoms with van der Waals surface area (Å²) >= 11 is 5.97. The van der Waals surface area contributed by atoms with E-state index in [0.29, 0.717) is 26.3 Å². The molecule has 2 fully saturated rings. The smallest absolute Gasteiger partial charge is 0.227 e. The minimum Gasteiger partial charge on any atom is -0.346 e. The summed E-state index contributed by atoms with van der Waals surface area (Å²) in [5.74, 6) is -1.26. The van der Waals surface area contributed by atoms with Crippen LogP contribution >= 0.6 is 11.6 Å². The van der Waals surface area contributed by atoms with E-state index < -0.39 is 11.6 Å². The van der Waals surface area contributed by atoms with Crippen molar-refractivity contribution in [2.45, 2.75) is 25.0 Å². The van der Waals surface area contributed by atoms with Gasteiger partial charge in [-0.1, -0.05) is 17.7 Å². The minimum absolute atomic E-state index is 0.0401. The number of carbonyl (C=O) groups excluding carboxylic acids is 1. The van der Waals surface area contributed by atoms with Crippen LogP contribution in [0.3, 0.4) is 0 Å². The predicted molar refractivity (Wildman–Crippen MR) is 75.6 cm³/mol. The maximum atomic E-state index is 13.8. The second-order valence-corrected chi connectivity index (χ2v) is 5.81. The van der Waals surface area contributed by atoms with Crippen molar-refractivity contribution in [2.24, 2.45) is 0 Å². The molecule has 2 saturated heterocycles. The third-order valence-corrected chi connectivity index (χ3v) is 4.33. The quantitative estimate of drug-likeness (QED) is 0.841. The van der Waals surface area contributed by atoms with Crippen LogP contribution in [-0.4, -0.2) is 42.9 Å². The summed E-state index contributed by atoms with van der Waals surface area (Å²) in [4.78, 5) is 14.1. The fraction of sp³-hybridized carbons (Fsp3) is 0.533. The Morgan fingerprint density at radius 2 is 2.14 bits per heavy atom. The maximum absolute atomic E-state index is 13.8. The van der Waals surface area contributed by atoms with Crippen molar-refractivity contribution in [1.82, 2.24) is 4.90 Å². The normalized spacial score (nSPS) is 21.0.